The maximum Gasteiger partial charge on any atom is 0.0671 e. The normalized spacial score (nSPS) is 12.6. The Bertz CT molecular complexity index is 530. The monoisotopic (exact) mass is 287 g/mol. The smallest absolute Gasteiger partial charge is 0.0671 e. The van der Waals surface area contributed by atoms with Gasteiger partial charge >= 0.3 is 0 Å². The highest BCUT2D eigenvalue weighted by Crippen LogP contribution is 2.29. The molecule has 108 valence electrons. The molecule has 0 saturated heterocycles. The molecule has 1 aromatic carbocycles. The lowest BCUT2D eigenvalue weighted by Gasteiger charge is -2.18. The van der Waals surface area contributed by atoms with Gasteiger partial charge in [0.15, 0.2) is 0 Å². The van der Waals surface area contributed by atoms with Gasteiger partial charge in [-0.1, -0.05) is 51.5 Å². The summed E-state index contributed by atoms with van der Waals surface area (Å²) < 4.78 is 0. The molecule has 2 aromatic rings. The molecule has 0 bridgehead atoms. The summed E-state index contributed by atoms with van der Waals surface area (Å²) in [4.78, 5) is 2.89. The zero-order chi connectivity index (χ0) is 14.4. The lowest BCUT2D eigenvalue weighted by molar-refractivity contribution is 0.639. The first-order valence-corrected chi connectivity index (χ1v) is 8.50. The molecule has 1 atom stereocenters. The van der Waals surface area contributed by atoms with Crippen molar-refractivity contribution in [3.05, 3.63) is 57.3 Å². The minimum atomic E-state index is 0.335. The topological polar surface area (TPSA) is 12.0 Å². The predicted octanol–water partition coefficient (Wildman–Crippen LogP) is 4.96. The molecule has 1 N–H and O–H groups in total. The van der Waals surface area contributed by atoms with Crippen LogP contribution in [0.25, 0.3) is 0 Å². The Hall–Kier alpha value is -1.12. The van der Waals surface area contributed by atoms with Gasteiger partial charge in [-0.3, -0.25) is 0 Å². The first-order chi connectivity index (χ1) is 9.78. The van der Waals surface area contributed by atoms with Crippen molar-refractivity contribution in [2.45, 2.75) is 46.1 Å². The molecule has 0 amide bonds. The van der Waals surface area contributed by atoms with E-state index in [1.165, 1.54) is 27.3 Å². The average molecular weight is 287 g/mol. The van der Waals surface area contributed by atoms with E-state index in [2.05, 4.69) is 62.5 Å². The molecule has 1 aromatic heterocycles. The van der Waals surface area contributed by atoms with Crippen LogP contribution < -0.4 is 5.32 Å². The summed E-state index contributed by atoms with van der Waals surface area (Å²) in [5, 5.41) is 3.63. The van der Waals surface area contributed by atoms with E-state index < -0.39 is 0 Å². The zero-order valence-electron chi connectivity index (χ0n) is 12.8. The Morgan fingerprint density at radius 2 is 1.95 bits per heavy atom. The van der Waals surface area contributed by atoms with Crippen LogP contribution in [0.15, 0.2) is 36.4 Å². The molecule has 2 heteroatoms. The van der Waals surface area contributed by atoms with Crippen molar-refractivity contribution in [3.8, 4) is 0 Å². The first kappa shape index (κ1) is 15.3. The fourth-order valence-electron chi connectivity index (χ4n) is 2.54. The first-order valence-electron chi connectivity index (χ1n) is 7.69. The molecule has 0 spiro atoms. The van der Waals surface area contributed by atoms with Gasteiger partial charge in [-0.05, 0) is 42.6 Å². The van der Waals surface area contributed by atoms with Gasteiger partial charge in [0.25, 0.3) is 0 Å². The van der Waals surface area contributed by atoms with Gasteiger partial charge in [0.2, 0.25) is 0 Å². The van der Waals surface area contributed by atoms with Crippen LogP contribution in [-0.2, 0) is 12.8 Å². The Labute approximate surface area is 127 Å². The van der Waals surface area contributed by atoms with E-state index in [1.807, 2.05) is 11.3 Å². The molecule has 1 heterocycles. The molecular formula is C18H25NS. The zero-order valence-corrected chi connectivity index (χ0v) is 13.6. The minimum absolute atomic E-state index is 0.335. The van der Waals surface area contributed by atoms with Crippen molar-refractivity contribution in [2.75, 3.05) is 6.54 Å². The van der Waals surface area contributed by atoms with Gasteiger partial charge in [0.05, 0.1) is 6.04 Å². The van der Waals surface area contributed by atoms with Crippen LogP contribution >= 0.6 is 11.3 Å². The van der Waals surface area contributed by atoms with Gasteiger partial charge < -0.3 is 5.32 Å². The van der Waals surface area contributed by atoms with E-state index in [0.717, 1.165) is 19.4 Å². The quantitative estimate of drug-likeness (QED) is 0.758. The number of benzene rings is 1. The number of aryl methyl sites for hydroxylation is 2. The second-order valence-electron chi connectivity index (χ2n) is 5.14. The molecule has 0 aliphatic rings. The second kappa shape index (κ2) is 7.61. The van der Waals surface area contributed by atoms with E-state index >= 15 is 0 Å². The lowest BCUT2D eigenvalue weighted by Crippen LogP contribution is -2.21. The van der Waals surface area contributed by atoms with Crippen LogP contribution in [0.3, 0.4) is 0 Å². The summed E-state index contributed by atoms with van der Waals surface area (Å²) in [7, 11) is 0. The van der Waals surface area contributed by atoms with Crippen LogP contribution in [0.5, 0.6) is 0 Å². The molecule has 2 rings (SSSR count). The molecular weight excluding hydrogens is 262 g/mol. The number of hydrogen-bond acceptors (Lipinski definition) is 2. The third kappa shape index (κ3) is 3.71. The van der Waals surface area contributed by atoms with E-state index in [0.29, 0.717) is 6.04 Å². The Morgan fingerprint density at radius 3 is 2.60 bits per heavy atom. The van der Waals surface area contributed by atoms with E-state index in [-0.39, 0.29) is 0 Å². The Kier molecular flexibility index (Phi) is 5.81. The fraction of sp³-hybridized carbons (Fsp3) is 0.444. The van der Waals surface area contributed by atoms with Crippen LogP contribution in [-0.4, -0.2) is 6.54 Å². The highest BCUT2D eigenvalue weighted by Gasteiger charge is 2.15. The summed E-state index contributed by atoms with van der Waals surface area (Å²) in [6.07, 6.45) is 3.49. The standard InChI is InChI=1S/C18H25NS/c1-4-8-14-9-7-10-15(13-14)18(19-6-3)17-12-11-16(5-2)20-17/h7,9-13,18-19H,4-6,8H2,1-3H3. The van der Waals surface area contributed by atoms with Crippen molar-refractivity contribution in [1.29, 1.82) is 0 Å². The highest BCUT2D eigenvalue weighted by atomic mass is 32.1. The second-order valence-corrected chi connectivity index (χ2v) is 6.34. The van der Waals surface area contributed by atoms with Crippen LogP contribution in [0, 0.1) is 0 Å². The molecule has 0 fully saturated rings. The van der Waals surface area contributed by atoms with E-state index in [9.17, 15) is 0 Å². The number of thiophene rings is 1. The van der Waals surface area contributed by atoms with Gasteiger partial charge in [-0.15, -0.1) is 11.3 Å². The maximum atomic E-state index is 3.63. The number of hydrogen-bond donors (Lipinski definition) is 1. The lowest BCUT2D eigenvalue weighted by atomic mass is 10.0. The van der Waals surface area contributed by atoms with Crippen LogP contribution in [0.4, 0.5) is 0 Å². The third-order valence-electron chi connectivity index (χ3n) is 3.55. The summed E-state index contributed by atoms with van der Waals surface area (Å²) in [5.41, 5.74) is 2.84. The fourth-order valence-corrected chi connectivity index (χ4v) is 3.60. The van der Waals surface area contributed by atoms with E-state index in [4.69, 9.17) is 0 Å². The van der Waals surface area contributed by atoms with Crippen molar-refractivity contribution in [2.24, 2.45) is 0 Å². The minimum Gasteiger partial charge on any atom is -0.306 e. The molecule has 1 nitrogen and oxygen atoms in total. The van der Waals surface area contributed by atoms with Gasteiger partial charge in [-0.25, -0.2) is 0 Å². The largest absolute Gasteiger partial charge is 0.306 e. The van der Waals surface area contributed by atoms with Gasteiger partial charge in [0, 0.05) is 9.75 Å². The van der Waals surface area contributed by atoms with Gasteiger partial charge in [-0.2, -0.15) is 0 Å². The average Bonchev–Trinajstić information content (AvgIpc) is 2.94. The Balaban J connectivity index is 2.29. The van der Waals surface area contributed by atoms with Crippen molar-refractivity contribution < 1.29 is 0 Å². The van der Waals surface area contributed by atoms with Gasteiger partial charge in [0.1, 0.15) is 0 Å². The summed E-state index contributed by atoms with van der Waals surface area (Å²) in [5.74, 6) is 0. The summed E-state index contributed by atoms with van der Waals surface area (Å²) in [6, 6.07) is 13.9. The van der Waals surface area contributed by atoms with Crippen LogP contribution in [0.2, 0.25) is 0 Å². The SMILES string of the molecule is CCCc1cccc(C(NCC)c2ccc(CC)s2)c1. The molecule has 0 aliphatic heterocycles. The molecule has 20 heavy (non-hydrogen) atoms. The highest BCUT2D eigenvalue weighted by molar-refractivity contribution is 7.12. The van der Waals surface area contributed by atoms with Crippen molar-refractivity contribution in [3.63, 3.8) is 0 Å². The summed E-state index contributed by atoms with van der Waals surface area (Å²) >= 11 is 1.93. The molecule has 0 aliphatic carbocycles. The Morgan fingerprint density at radius 1 is 1.10 bits per heavy atom. The molecule has 0 saturated carbocycles. The number of rotatable bonds is 7. The molecule has 1 unspecified atom stereocenters. The molecule has 0 radical (unpaired) electrons. The van der Waals surface area contributed by atoms with E-state index in [1.54, 1.807) is 0 Å². The van der Waals surface area contributed by atoms with Crippen molar-refractivity contribution >= 4 is 11.3 Å². The maximum absolute atomic E-state index is 3.63. The summed E-state index contributed by atoms with van der Waals surface area (Å²) in [6.45, 7) is 7.63. The number of nitrogens with one attached hydrogen (secondary N) is 1. The van der Waals surface area contributed by atoms with Crippen LogP contribution in [0.1, 0.15) is 54.1 Å². The van der Waals surface area contributed by atoms with Crippen molar-refractivity contribution in [1.82, 2.24) is 5.32 Å². The third-order valence-corrected chi connectivity index (χ3v) is 4.84. The predicted molar refractivity (Wildman–Crippen MR) is 89.7 cm³/mol.